The summed E-state index contributed by atoms with van der Waals surface area (Å²) in [7, 11) is -2.42. The number of ether oxygens (including phenoxy) is 1. The fourth-order valence-corrected chi connectivity index (χ4v) is 2.99. The SMILES string of the molecule is COc1cccc(S(=O)(=O)OCNCCc2cccc(C(=O)O)c2)c1. The Balaban J connectivity index is 1.82. The number of rotatable bonds is 9. The predicted octanol–water partition coefficient (Wildman–Crippen LogP) is 1.89. The van der Waals surface area contributed by atoms with E-state index in [1.807, 2.05) is 6.07 Å². The van der Waals surface area contributed by atoms with Crippen LogP contribution in [-0.4, -0.2) is 39.9 Å². The zero-order valence-electron chi connectivity index (χ0n) is 13.6. The summed E-state index contributed by atoms with van der Waals surface area (Å²) in [6, 6.07) is 12.6. The third kappa shape index (κ3) is 5.56. The molecule has 0 aliphatic rings. The van der Waals surface area contributed by atoms with Crippen LogP contribution in [0.25, 0.3) is 0 Å². The molecule has 0 heterocycles. The zero-order valence-corrected chi connectivity index (χ0v) is 14.5. The first-order chi connectivity index (χ1) is 11.9. The molecule has 0 amide bonds. The molecule has 2 aromatic rings. The molecule has 8 heteroatoms. The van der Waals surface area contributed by atoms with Gasteiger partial charge < -0.3 is 9.84 Å². The van der Waals surface area contributed by atoms with Gasteiger partial charge in [-0.2, -0.15) is 8.42 Å². The Morgan fingerprint density at radius 2 is 1.92 bits per heavy atom. The second-order valence-corrected chi connectivity index (χ2v) is 6.77. The maximum atomic E-state index is 12.1. The van der Waals surface area contributed by atoms with Gasteiger partial charge in [0.2, 0.25) is 0 Å². The summed E-state index contributed by atoms with van der Waals surface area (Å²) in [4.78, 5) is 10.9. The van der Waals surface area contributed by atoms with Gasteiger partial charge in [0, 0.05) is 12.6 Å². The smallest absolute Gasteiger partial charge is 0.335 e. The second kappa shape index (κ2) is 8.61. The summed E-state index contributed by atoms with van der Waals surface area (Å²) < 4.78 is 34.1. The van der Waals surface area contributed by atoms with Crippen LogP contribution in [0.4, 0.5) is 0 Å². The average molecular weight is 365 g/mol. The lowest BCUT2D eigenvalue weighted by Crippen LogP contribution is -2.23. The lowest BCUT2D eigenvalue weighted by atomic mass is 10.1. The van der Waals surface area contributed by atoms with Crippen LogP contribution in [0.15, 0.2) is 53.4 Å². The van der Waals surface area contributed by atoms with Crippen LogP contribution >= 0.6 is 0 Å². The number of carboxylic acid groups (broad SMARTS) is 1. The van der Waals surface area contributed by atoms with E-state index in [1.165, 1.54) is 25.3 Å². The molecule has 0 aliphatic heterocycles. The van der Waals surface area contributed by atoms with E-state index in [9.17, 15) is 13.2 Å². The molecule has 0 spiro atoms. The van der Waals surface area contributed by atoms with E-state index in [0.717, 1.165) is 5.56 Å². The zero-order chi connectivity index (χ0) is 18.3. The van der Waals surface area contributed by atoms with Crippen molar-refractivity contribution in [1.29, 1.82) is 0 Å². The lowest BCUT2D eigenvalue weighted by Gasteiger charge is -2.08. The molecule has 0 aromatic heterocycles. The standard InChI is InChI=1S/C17H19NO6S/c1-23-15-6-3-7-16(11-15)25(21,22)24-12-18-9-8-13-4-2-5-14(10-13)17(19)20/h2-7,10-11,18H,8-9,12H2,1H3,(H,19,20). The summed E-state index contributed by atoms with van der Waals surface area (Å²) in [5, 5.41) is 11.8. The van der Waals surface area contributed by atoms with Gasteiger partial charge in [0.25, 0.3) is 10.1 Å². The highest BCUT2D eigenvalue weighted by Gasteiger charge is 2.15. The van der Waals surface area contributed by atoms with Crippen LogP contribution in [0.3, 0.4) is 0 Å². The van der Waals surface area contributed by atoms with Gasteiger partial charge in [0.1, 0.15) is 12.5 Å². The first-order valence-electron chi connectivity index (χ1n) is 7.49. The van der Waals surface area contributed by atoms with Crippen LogP contribution in [0, 0.1) is 0 Å². The molecule has 2 aromatic carbocycles. The second-order valence-electron chi connectivity index (χ2n) is 5.15. The van der Waals surface area contributed by atoms with Crippen LogP contribution in [-0.2, 0) is 20.7 Å². The number of nitrogens with one attached hydrogen (secondary N) is 1. The monoisotopic (exact) mass is 365 g/mol. The largest absolute Gasteiger partial charge is 0.497 e. The van der Waals surface area contributed by atoms with Gasteiger partial charge in [-0.15, -0.1) is 0 Å². The number of aromatic carboxylic acids is 1. The molecule has 25 heavy (non-hydrogen) atoms. The molecule has 2 rings (SSSR count). The molecule has 0 unspecified atom stereocenters. The Labute approximate surface area is 146 Å². The maximum absolute atomic E-state index is 12.1. The molecule has 0 aliphatic carbocycles. The van der Waals surface area contributed by atoms with Crippen LogP contribution < -0.4 is 10.1 Å². The minimum Gasteiger partial charge on any atom is -0.497 e. The highest BCUT2D eigenvalue weighted by Crippen LogP contribution is 2.18. The van der Waals surface area contributed by atoms with Crippen LogP contribution in [0.2, 0.25) is 0 Å². The molecule has 0 saturated carbocycles. The Morgan fingerprint density at radius 3 is 2.64 bits per heavy atom. The minimum atomic E-state index is -3.88. The molecule has 0 fully saturated rings. The molecule has 0 bridgehead atoms. The summed E-state index contributed by atoms with van der Waals surface area (Å²) in [5.74, 6) is -0.557. The lowest BCUT2D eigenvalue weighted by molar-refractivity contribution is 0.0696. The van der Waals surface area contributed by atoms with E-state index in [-0.39, 0.29) is 17.2 Å². The van der Waals surface area contributed by atoms with Crippen molar-refractivity contribution in [3.05, 3.63) is 59.7 Å². The Morgan fingerprint density at radius 1 is 1.16 bits per heavy atom. The van der Waals surface area contributed by atoms with Crippen molar-refractivity contribution in [2.75, 3.05) is 20.4 Å². The van der Waals surface area contributed by atoms with Gasteiger partial charge in [0.05, 0.1) is 17.6 Å². The normalized spacial score (nSPS) is 11.2. The molecular weight excluding hydrogens is 346 g/mol. The van der Waals surface area contributed by atoms with Gasteiger partial charge >= 0.3 is 5.97 Å². The summed E-state index contributed by atoms with van der Waals surface area (Å²) in [6.07, 6.45) is 0.545. The minimum absolute atomic E-state index is 0.0165. The van der Waals surface area contributed by atoms with Crippen LogP contribution in [0.5, 0.6) is 5.75 Å². The van der Waals surface area contributed by atoms with E-state index in [2.05, 4.69) is 5.32 Å². The number of hydrogen-bond donors (Lipinski definition) is 2. The Kier molecular flexibility index (Phi) is 6.51. The molecule has 7 nitrogen and oxygen atoms in total. The van der Waals surface area contributed by atoms with Gasteiger partial charge in [-0.25, -0.2) is 4.79 Å². The fraction of sp³-hybridized carbons (Fsp3) is 0.235. The molecule has 0 saturated heterocycles. The van der Waals surface area contributed by atoms with E-state index in [4.69, 9.17) is 14.0 Å². The Bertz CT molecular complexity index is 835. The van der Waals surface area contributed by atoms with Crippen molar-refractivity contribution in [2.24, 2.45) is 0 Å². The third-order valence-corrected chi connectivity index (χ3v) is 4.67. The van der Waals surface area contributed by atoms with Crippen molar-refractivity contribution in [2.45, 2.75) is 11.3 Å². The third-order valence-electron chi connectivity index (χ3n) is 3.41. The molecule has 134 valence electrons. The van der Waals surface area contributed by atoms with Crippen molar-refractivity contribution in [3.63, 3.8) is 0 Å². The van der Waals surface area contributed by atoms with Gasteiger partial charge in [0.15, 0.2) is 0 Å². The molecule has 0 atom stereocenters. The van der Waals surface area contributed by atoms with Crippen molar-refractivity contribution >= 4 is 16.1 Å². The van der Waals surface area contributed by atoms with Crippen molar-refractivity contribution in [1.82, 2.24) is 5.32 Å². The highest BCUT2D eigenvalue weighted by molar-refractivity contribution is 7.86. The molecule has 2 N–H and O–H groups in total. The maximum Gasteiger partial charge on any atom is 0.335 e. The predicted molar refractivity (Wildman–Crippen MR) is 91.2 cm³/mol. The van der Waals surface area contributed by atoms with Crippen molar-refractivity contribution < 1.29 is 27.2 Å². The first kappa shape index (κ1) is 18.9. The first-order valence-corrected chi connectivity index (χ1v) is 8.89. The quantitative estimate of drug-likeness (QED) is 0.397. The Hall–Kier alpha value is -2.42. The number of carbonyl (C=O) groups is 1. The van der Waals surface area contributed by atoms with Gasteiger partial charge in [-0.1, -0.05) is 18.2 Å². The fourth-order valence-electron chi connectivity index (χ4n) is 2.11. The number of benzene rings is 2. The van der Waals surface area contributed by atoms with E-state index < -0.39 is 16.1 Å². The summed E-state index contributed by atoms with van der Waals surface area (Å²) in [6.45, 7) is 0.259. The summed E-state index contributed by atoms with van der Waals surface area (Å²) in [5.41, 5.74) is 1.05. The van der Waals surface area contributed by atoms with E-state index >= 15 is 0 Å². The van der Waals surface area contributed by atoms with Gasteiger partial charge in [-0.05, 0) is 36.2 Å². The number of carboxylic acids is 1. The highest BCUT2D eigenvalue weighted by atomic mass is 32.2. The number of hydrogen-bond acceptors (Lipinski definition) is 6. The summed E-state index contributed by atoms with van der Waals surface area (Å²) >= 11 is 0. The topological polar surface area (TPSA) is 102 Å². The van der Waals surface area contributed by atoms with E-state index in [1.54, 1.807) is 24.3 Å². The molecule has 0 radical (unpaired) electrons. The molecular formula is C17H19NO6S. The van der Waals surface area contributed by atoms with Gasteiger partial charge in [-0.3, -0.25) is 9.50 Å². The van der Waals surface area contributed by atoms with Crippen molar-refractivity contribution in [3.8, 4) is 5.75 Å². The number of methoxy groups -OCH3 is 1. The van der Waals surface area contributed by atoms with E-state index in [0.29, 0.717) is 18.7 Å². The van der Waals surface area contributed by atoms with Crippen LogP contribution in [0.1, 0.15) is 15.9 Å². The average Bonchev–Trinajstić information content (AvgIpc) is 2.61.